The van der Waals surface area contributed by atoms with Crippen LogP contribution in [0, 0.1) is 0 Å². The maximum absolute atomic E-state index is 5.95. The molecule has 5 heteroatoms. The van der Waals surface area contributed by atoms with E-state index in [1.807, 2.05) is 30.5 Å². The maximum atomic E-state index is 5.95. The van der Waals surface area contributed by atoms with E-state index < -0.39 is 0 Å². The average Bonchev–Trinajstić information content (AvgIpc) is 3.28. The highest BCUT2D eigenvalue weighted by Crippen LogP contribution is 2.40. The zero-order chi connectivity index (χ0) is 17.2. The van der Waals surface area contributed by atoms with Gasteiger partial charge in [-0.3, -0.25) is 4.98 Å². The molecule has 3 N–H and O–H groups in total. The van der Waals surface area contributed by atoms with Crippen molar-refractivity contribution in [3.8, 4) is 11.3 Å². The summed E-state index contributed by atoms with van der Waals surface area (Å²) in [6.45, 7) is 4.34. The smallest absolute Gasteiger partial charge is 0.0702 e. The van der Waals surface area contributed by atoms with Crippen molar-refractivity contribution in [2.24, 2.45) is 5.73 Å². The lowest BCUT2D eigenvalue weighted by atomic mass is 10.1. The summed E-state index contributed by atoms with van der Waals surface area (Å²) < 4.78 is 0. The fourth-order valence-corrected chi connectivity index (χ4v) is 3.80. The molecule has 132 valence electrons. The van der Waals surface area contributed by atoms with Crippen molar-refractivity contribution in [3.05, 3.63) is 53.2 Å². The lowest BCUT2D eigenvalue weighted by Crippen LogP contribution is -2.33. The second-order valence-corrected chi connectivity index (χ2v) is 7.67. The first-order valence-corrected chi connectivity index (χ1v) is 9.50. The Bertz CT molecular complexity index is 701. The van der Waals surface area contributed by atoms with Gasteiger partial charge in [0, 0.05) is 54.4 Å². The Balaban J connectivity index is 1.26. The Hall–Kier alpha value is -1.46. The molecule has 1 aliphatic heterocycles. The Morgan fingerprint density at radius 3 is 2.72 bits per heavy atom. The van der Waals surface area contributed by atoms with Crippen LogP contribution in [0.25, 0.3) is 11.3 Å². The minimum Gasteiger partial charge on any atom is -0.326 e. The average molecular weight is 357 g/mol. The molecule has 2 fully saturated rings. The van der Waals surface area contributed by atoms with Crippen molar-refractivity contribution >= 4 is 11.6 Å². The highest BCUT2D eigenvalue weighted by molar-refractivity contribution is 6.30. The molecule has 0 spiro atoms. The van der Waals surface area contributed by atoms with Crippen molar-refractivity contribution in [3.63, 3.8) is 0 Å². The summed E-state index contributed by atoms with van der Waals surface area (Å²) in [4.78, 5) is 7.09. The van der Waals surface area contributed by atoms with E-state index in [2.05, 4.69) is 27.3 Å². The summed E-state index contributed by atoms with van der Waals surface area (Å²) in [7, 11) is 0. The molecule has 0 amide bonds. The highest BCUT2D eigenvalue weighted by atomic mass is 35.5. The first kappa shape index (κ1) is 17.0. The fraction of sp³-hybridized carbons (Fsp3) is 0.450. The third kappa shape index (κ3) is 4.21. The van der Waals surface area contributed by atoms with E-state index in [-0.39, 0.29) is 0 Å². The highest BCUT2D eigenvalue weighted by Gasteiger charge is 2.38. The van der Waals surface area contributed by atoms with Crippen LogP contribution in [0.5, 0.6) is 0 Å². The molecular weight excluding hydrogens is 332 g/mol. The monoisotopic (exact) mass is 356 g/mol. The van der Waals surface area contributed by atoms with Crippen LogP contribution in [0.3, 0.4) is 0 Å². The maximum Gasteiger partial charge on any atom is 0.0702 e. The number of nitrogens with two attached hydrogens (primary N) is 1. The largest absolute Gasteiger partial charge is 0.326 e. The molecule has 4 rings (SSSR count). The van der Waals surface area contributed by atoms with Crippen LogP contribution in [0.2, 0.25) is 5.02 Å². The number of benzene rings is 1. The lowest BCUT2D eigenvalue weighted by molar-refractivity contribution is 0.331. The van der Waals surface area contributed by atoms with Crippen LogP contribution in [-0.2, 0) is 0 Å². The van der Waals surface area contributed by atoms with Crippen LogP contribution < -0.4 is 11.1 Å². The molecule has 1 aromatic carbocycles. The van der Waals surface area contributed by atoms with Crippen molar-refractivity contribution in [2.45, 2.75) is 30.8 Å². The third-order valence-corrected chi connectivity index (χ3v) is 5.54. The van der Waals surface area contributed by atoms with E-state index in [0.29, 0.717) is 18.0 Å². The fourth-order valence-electron chi connectivity index (χ4n) is 3.68. The van der Waals surface area contributed by atoms with Gasteiger partial charge < -0.3 is 16.0 Å². The lowest BCUT2D eigenvalue weighted by Gasteiger charge is -2.15. The van der Waals surface area contributed by atoms with Crippen LogP contribution in [-0.4, -0.2) is 48.1 Å². The second kappa shape index (κ2) is 7.42. The number of hydrogen-bond donors (Lipinski definition) is 2. The Labute approximate surface area is 154 Å². The minimum absolute atomic E-state index is 0.374. The van der Waals surface area contributed by atoms with Gasteiger partial charge in [-0.05, 0) is 43.1 Å². The predicted molar refractivity (Wildman–Crippen MR) is 103 cm³/mol. The first-order valence-electron chi connectivity index (χ1n) is 9.12. The number of rotatable bonds is 6. The standard InChI is InChI=1S/C20H25ClN4/c21-16-4-1-14(2-5-16)19-6-3-15(12-24-19)18-11-20(18)23-8-10-25-9-7-17(22)13-25/h1-6,12,17-18,20,23H,7-11,13,22H2/t17-,18?,20+/m1/s1. The molecular formula is C20H25ClN4. The van der Waals surface area contributed by atoms with Crippen molar-refractivity contribution in [1.82, 2.24) is 15.2 Å². The van der Waals surface area contributed by atoms with Gasteiger partial charge >= 0.3 is 0 Å². The summed E-state index contributed by atoms with van der Waals surface area (Å²) in [6.07, 6.45) is 4.37. The van der Waals surface area contributed by atoms with Gasteiger partial charge in [0.15, 0.2) is 0 Å². The van der Waals surface area contributed by atoms with E-state index in [4.69, 9.17) is 17.3 Å². The molecule has 1 aromatic heterocycles. The van der Waals surface area contributed by atoms with Crippen molar-refractivity contribution in [2.75, 3.05) is 26.2 Å². The molecule has 1 saturated heterocycles. The van der Waals surface area contributed by atoms with E-state index in [0.717, 1.165) is 48.9 Å². The van der Waals surface area contributed by atoms with Crippen molar-refractivity contribution in [1.29, 1.82) is 0 Å². The molecule has 1 saturated carbocycles. The van der Waals surface area contributed by atoms with Gasteiger partial charge in [0.1, 0.15) is 0 Å². The molecule has 0 bridgehead atoms. The zero-order valence-electron chi connectivity index (χ0n) is 14.4. The Kier molecular flexibility index (Phi) is 5.04. The number of pyridine rings is 1. The van der Waals surface area contributed by atoms with Gasteiger partial charge in [0.05, 0.1) is 5.69 Å². The number of nitrogens with zero attached hydrogens (tertiary/aromatic N) is 2. The molecule has 4 nitrogen and oxygen atoms in total. The molecule has 1 unspecified atom stereocenters. The number of nitrogens with one attached hydrogen (secondary N) is 1. The minimum atomic E-state index is 0.374. The molecule has 1 aliphatic carbocycles. The Morgan fingerprint density at radius 1 is 1.20 bits per heavy atom. The van der Waals surface area contributed by atoms with Crippen LogP contribution >= 0.6 is 11.6 Å². The molecule has 3 atom stereocenters. The molecule has 2 aromatic rings. The molecule has 0 radical (unpaired) electrons. The summed E-state index contributed by atoms with van der Waals surface area (Å²) in [5.74, 6) is 0.604. The van der Waals surface area contributed by atoms with Crippen molar-refractivity contribution < 1.29 is 0 Å². The van der Waals surface area contributed by atoms with Gasteiger partial charge in [-0.1, -0.05) is 29.8 Å². The van der Waals surface area contributed by atoms with Crippen LogP contribution in [0.1, 0.15) is 24.3 Å². The first-order chi connectivity index (χ1) is 12.2. The number of halogens is 1. The number of aromatic nitrogens is 1. The number of hydrogen-bond acceptors (Lipinski definition) is 4. The second-order valence-electron chi connectivity index (χ2n) is 7.24. The number of likely N-dealkylation sites (tertiary alicyclic amines) is 1. The van der Waals surface area contributed by atoms with E-state index in [1.165, 1.54) is 12.0 Å². The summed E-state index contributed by atoms with van der Waals surface area (Å²) in [6, 6.07) is 13.1. The quantitative estimate of drug-likeness (QED) is 0.835. The third-order valence-electron chi connectivity index (χ3n) is 5.29. The van der Waals surface area contributed by atoms with Crippen LogP contribution in [0.4, 0.5) is 0 Å². The predicted octanol–water partition coefficient (Wildman–Crippen LogP) is 2.88. The van der Waals surface area contributed by atoms with Gasteiger partial charge in [-0.15, -0.1) is 0 Å². The van der Waals surface area contributed by atoms with E-state index >= 15 is 0 Å². The summed E-state index contributed by atoms with van der Waals surface area (Å²) >= 11 is 5.94. The van der Waals surface area contributed by atoms with Gasteiger partial charge in [-0.2, -0.15) is 0 Å². The molecule has 25 heavy (non-hydrogen) atoms. The van der Waals surface area contributed by atoms with Gasteiger partial charge in [0.25, 0.3) is 0 Å². The summed E-state index contributed by atoms with van der Waals surface area (Å²) in [5.41, 5.74) is 9.38. The summed E-state index contributed by atoms with van der Waals surface area (Å²) in [5, 5.41) is 4.43. The Morgan fingerprint density at radius 2 is 2.04 bits per heavy atom. The molecule has 2 aliphatic rings. The SMILES string of the molecule is N[C@@H]1CCN(CCN[C@H]2CC2c2ccc(-c3ccc(Cl)cc3)nc2)C1. The zero-order valence-corrected chi connectivity index (χ0v) is 15.1. The topological polar surface area (TPSA) is 54.2 Å². The van der Waals surface area contributed by atoms with E-state index in [1.54, 1.807) is 0 Å². The molecule has 2 heterocycles. The van der Waals surface area contributed by atoms with Gasteiger partial charge in [-0.25, -0.2) is 0 Å². The van der Waals surface area contributed by atoms with Gasteiger partial charge in [0.2, 0.25) is 0 Å². The van der Waals surface area contributed by atoms with E-state index in [9.17, 15) is 0 Å². The van der Waals surface area contributed by atoms with Crippen LogP contribution in [0.15, 0.2) is 42.6 Å². The normalized spacial score (nSPS) is 26.1.